The normalized spacial score (nSPS) is 9.85. The van der Waals surface area contributed by atoms with E-state index < -0.39 is 11.0 Å². The van der Waals surface area contributed by atoms with E-state index >= 15 is 0 Å². The molecule has 0 aliphatic heterocycles. The van der Waals surface area contributed by atoms with Crippen molar-refractivity contribution in [3.8, 4) is 0 Å². The van der Waals surface area contributed by atoms with Crippen LogP contribution in [0.15, 0.2) is 53.4 Å². The minimum atomic E-state index is -0.569. The van der Waals surface area contributed by atoms with Gasteiger partial charge >= 0.3 is 6.03 Å². The average Bonchev–Trinajstić information content (AvgIpc) is 2.41. The molecule has 0 aromatic heterocycles. The van der Waals surface area contributed by atoms with Gasteiger partial charge in [0.25, 0.3) is 5.69 Å². The number of nitrogens with zero attached hydrogens (tertiary/aromatic N) is 1. The van der Waals surface area contributed by atoms with Gasteiger partial charge in [-0.25, -0.2) is 4.79 Å². The van der Waals surface area contributed by atoms with Crippen LogP contribution in [0.1, 0.15) is 0 Å². The number of nitro benzene ring substituents is 1. The fraction of sp³-hybridized carbons (Fsp3) is 0. The molecule has 2 aromatic carbocycles. The maximum absolute atomic E-state index is 11.8. The van der Waals surface area contributed by atoms with Crippen LogP contribution in [0.3, 0.4) is 0 Å². The highest BCUT2D eigenvalue weighted by molar-refractivity contribution is 7.80. The molecule has 0 spiro atoms. The Kier molecular flexibility index (Phi) is 4.21. The summed E-state index contributed by atoms with van der Waals surface area (Å²) < 4.78 is 0. The molecule has 0 saturated heterocycles. The van der Waals surface area contributed by atoms with Gasteiger partial charge in [0.2, 0.25) is 0 Å². The van der Waals surface area contributed by atoms with E-state index in [4.69, 9.17) is 0 Å². The van der Waals surface area contributed by atoms with Crippen molar-refractivity contribution in [2.45, 2.75) is 4.90 Å². The number of nitro groups is 1. The number of urea groups is 1. The van der Waals surface area contributed by atoms with Crippen molar-refractivity contribution in [1.82, 2.24) is 0 Å². The third-order valence-corrected chi connectivity index (χ3v) is 2.89. The van der Waals surface area contributed by atoms with Gasteiger partial charge in [-0.2, -0.15) is 0 Å². The average molecular weight is 289 g/mol. The van der Waals surface area contributed by atoms with E-state index in [9.17, 15) is 14.9 Å². The predicted octanol–water partition coefficient (Wildman–Crippen LogP) is 3.53. The third-order valence-electron chi connectivity index (χ3n) is 2.50. The number of carbonyl (C=O) groups is 1. The summed E-state index contributed by atoms with van der Waals surface area (Å²) >= 11 is 4.20. The van der Waals surface area contributed by atoms with Crippen molar-refractivity contribution in [2.75, 3.05) is 10.6 Å². The lowest BCUT2D eigenvalue weighted by Gasteiger charge is -2.09. The van der Waals surface area contributed by atoms with E-state index in [1.54, 1.807) is 30.3 Å². The summed E-state index contributed by atoms with van der Waals surface area (Å²) in [7, 11) is 0. The molecule has 7 heteroatoms. The van der Waals surface area contributed by atoms with Crippen molar-refractivity contribution in [3.63, 3.8) is 0 Å². The first-order valence-electron chi connectivity index (χ1n) is 5.67. The summed E-state index contributed by atoms with van der Waals surface area (Å²) in [6.45, 7) is 0. The number of para-hydroxylation sites is 3. The maximum Gasteiger partial charge on any atom is 0.323 e. The Balaban J connectivity index is 2.13. The number of hydrogen-bond donors (Lipinski definition) is 3. The van der Waals surface area contributed by atoms with Crippen LogP contribution in [0.25, 0.3) is 0 Å². The van der Waals surface area contributed by atoms with Gasteiger partial charge in [-0.15, -0.1) is 12.6 Å². The number of thiol groups is 1. The molecule has 0 radical (unpaired) electrons. The maximum atomic E-state index is 11.8. The van der Waals surface area contributed by atoms with Crippen LogP contribution >= 0.6 is 12.6 Å². The number of rotatable bonds is 3. The largest absolute Gasteiger partial charge is 0.323 e. The van der Waals surface area contributed by atoms with E-state index in [1.807, 2.05) is 0 Å². The summed E-state index contributed by atoms with van der Waals surface area (Å²) in [4.78, 5) is 22.7. The Morgan fingerprint density at radius 3 is 2.20 bits per heavy atom. The molecule has 2 N–H and O–H groups in total. The Morgan fingerprint density at radius 1 is 1.00 bits per heavy atom. The lowest BCUT2D eigenvalue weighted by molar-refractivity contribution is -0.383. The summed E-state index contributed by atoms with van der Waals surface area (Å²) in [6, 6.07) is 12.3. The molecule has 6 nitrogen and oxygen atoms in total. The Morgan fingerprint density at radius 2 is 1.55 bits per heavy atom. The molecule has 20 heavy (non-hydrogen) atoms. The first-order chi connectivity index (χ1) is 9.58. The van der Waals surface area contributed by atoms with Gasteiger partial charge in [-0.1, -0.05) is 24.3 Å². The van der Waals surface area contributed by atoms with Crippen molar-refractivity contribution in [2.24, 2.45) is 0 Å². The molecule has 0 bridgehead atoms. The van der Waals surface area contributed by atoms with Crippen molar-refractivity contribution in [1.29, 1.82) is 0 Å². The van der Waals surface area contributed by atoms with Crippen LogP contribution in [0, 0.1) is 10.1 Å². The van der Waals surface area contributed by atoms with Crippen LogP contribution in [0.2, 0.25) is 0 Å². The molecule has 0 aliphatic rings. The first kappa shape index (κ1) is 13.9. The third kappa shape index (κ3) is 3.27. The van der Waals surface area contributed by atoms with Crippen LogP contribution in [-0.4, -0.2) is 11.0 Å². The topological polar surface area (TPSA) is 84.3 Å². The van der Waals surface area contributed by atoms with Crippen LogP contribution in [0.5, 0.6) is 0 Å². The number of anilines is 2. The van der Waals surface area contributed by atoms with Gasteiger partial charge in [-0.05, 0) is 18.2 Å². The number of amides is 2. The highest BCUT2D eigenvalue weighted by atomic mass is 32.1. The molecule has 2 aromatic rings. The molecule has 0 fully saturated rings. The van der Waals surface area contributed by atoms with Gasteiger partial charge in [0.1, 0.15) is 5.69 Å². The van der Waals surface area contributed by atoms with Gasteiger partial charge in [-0.3, -0.25) is 10.1 Å². The quantitative estimate of drug-likeness (QED) is 0.459. The molecular weight excluding hydrogens is 278 g/mol. The second-order valence-electron chi connectivity index (χ2n) is 3.87. The highest BCUT2D eigenvalue weighted by Crippen LogP contribution is 2.24. The molecular formula is C13H11N3O3S. The molecule has 0 heterocycles. The van der Waals surface area contributed by atoms with E-state index in [1.165, 1.54) is 18.2 Å². The van der Waals surface area contributed by atoms with E-state index in [-0.39, 0.29) is 11.4 Å². The number of carbonyl (C=O) groups excluding carboxylic acids is 1. The standard InChI is InChI=1S/C13H11N3O3S/c17-13(15-10-6-2-4-8-12(10)20)14-9-5-1-3-7-11(9)16(18)19/h1-8,20H,(H2,14,15,17). The minimum Gasteiger partial charge on any atom is -0.307 e. The Bertz CT molecular complexity index is 661. The molecule has 0 saturated carbocycles. The second kappa shape index (κ2) is 6.07. The van der Waals surface area contributed by atoms with Gasteiger partial charge in [0.05, 0.1) is 10.6 Å². The number of nitrogens with one attached hydrogen (secondary N) is 2. The number of benzene rings is 2. The first-order valence-corrected chi connectivity index (χ1v) is 6.12. The predicted molar refractivity (Wildman–Crippen MR) is 79.4 cm³/mol. The molecule has 0 unspecified atom stereocenters. The fourth-order valence-corrected chi connectivity index (χ4v) is 1.81. The zero-order chi connectivity index (χ0) is 14.5. The summed E-state index contributed by atoms with van der Waals surface area (Å²) in [5, 5.41) is 15.9. The lowest BCUT2D eigenvalue weighted by atomic mass is 10.2. The summed E-state index contributed by atoms with van der Waals surface area (Å²) in [6.07, 6.45) is 0. The molecule has 102 valence electrons. The summed E-state index contributed by atoms with van der Waals surface area (Å²) in [5.74, 6) is 0. The van der Waals surface area contributed by atoms with Gasteiger partial charge in [0.15, 0.2) is 0 Å². The van der Waals surface area contributed by atoms with Crippen molar-refractivity contribution < 1.29 is 9.72 Å². The van der Waals surface area contributed by atoms with Gasteiger partial charge in [0, 0.05) is 11.0 Å². The van der Waals surface area contributed by atoms with Crippen LogP contribution in [0.4, 0.5) is 21.9 Å². The Hall–Kier alpha value is -2.54. The Labute approximate surface area is 120 Å². The molecule has 2 amide bonds. The van der Waals surface area contributed by atoms with E-state index in [0.717, 1.165) is 0 Å². The molecule has 2 rings (SSSR count). The van der Waals surface area contributed by atoms with E-state index in [0.29, 0.717) is 10.6 Å². The SMILES string of the molecule is O=C(Nc1ccccc1S)Nc1ccccc1[N+](=O)[O-]. The zero-order valence-corrected chi connectivity index (χ0v) is 11.1. The number of hydrogen-bond acceptors (Lipinski definition) is 4. The van der Waals surface area contributed by atoms with E-state index in [2.05, 4.69) is 23.3 Å². The zero-order valence-electron chi connectivity index (χ0n) is 10.2. The monoisotopic (exact) mass is 289 g/mol. The molecule has 0 aliphatic carbocycles. The van der Waals surface area contributed by atoms with Crippen LogP contribution in [-0.2, 0) is 0 Å². The van der Waals surface area contributed by atoms with Crippen LogP contribution < -0.4 is 10.6 Å². The highest BCUT2D eigenvalue weighted by Gasteiger charge is 2.14. The second-order valence-corrected chi connectivity index (χ2v) is 4.35. The smallest absolute Gasteiger partial charge is 0.307 e. The van der Waals surface area contributed by atoms with Crippen molar-refractivity contribution in [3.05, 3.63) is 58.6 Å². The lowest BCUT2D eigenvalue weighted by Crippen LogP contribution is -2.20. The van der Waals surface area contributed by atoms with Crippen molar-refractivity contribution >= 4 is 35.7 Å². The minimum absolute atomic E-state index is 0.131. The molecule has 0 atom stereocenters. The summed E-state index contributed by atoms with van der Waals surface area (Å²) in [5.41, 5.74) is 0.486. The fourth-order valence-electron chi connectivity index (χ4n) is 1.59. The van der Waals surface area contributed by atoms with Gasteiger partial charge < -0.3 is 10.6 Å².